The molecule has 0 amide bonds. The fraction of sp³-hybridized carbons (Fsp3) is 0.0769. The molecule has 0 saturated carbocycles. The first-order chi connectivity index (χ1) is 10.6. The van der Waals surface area contributed by atoms with E-state index in [1.807, 2.05) is 0 Å². The molecule has 0 radical (unpaired) electrons. The van der Waals surface area contributed by atoms with Crippen molar-refractivity contribution in [1.82, 2.24) is 0 Å². The number of hydrogen-bond acceptors (Lipinski definition) is 3. The first kappa shape index (κ1) is 17.7. The van der Waals surface area contributed by atoms with E-state index in [0.717, 1.165) is 12.1 Å². The maximum absolute atomic E-state index is 12.3. The molecular formula is C13H5Cl3F3NO3. The maximum atomic E-state index is 12.3. The summed E-state index contributed by atoms with van der Waals surface area (Å²) in [6.07, 6.45) is -5.05. The topological polar surface area (TPSA) is 52.4 Å². The molecule has 0 atom stereocenters. The Morgan fingerprint density at radius 3 is 2.26 bits per heavy atom. The van der Waals surface area contributed by atoms with E-state index in [1.165, 1.54) is 18.2 Å². The van der Waals surface area contributed by atoms with Crippen LogP contribution in [0.3, 0.4) is 0 Å². The van der Waals surface area contributed by atoms with Gasteiger partial charge in [-0.05, 0) is 17.7 Å². The summed E-state index contributed by atoms with van der Waals surface area (Å²) in [5.41, 5.74) is -0.389. The van der Waals surface area contributed by atoms with Gasteiger partial charge in [-0.3, -0.25) is 10.1 Å². The van der Waals surface area contributed by atoms with Crippen LogP contribution in [0.5, 0.6) is 5.75 Å². The number of hydrogen-bond donors (Lipinski definition) is 0. The molecule has 122 valence electrons. The molecule has 0 aliphatic heterocycles. The van der Waals surface area contributed by atoms with Crippen LogP contribution in [0.4, 0.5) is 18.9 Å². The van der Waals surface area contributed by atoms with Gasteiger partial charge in [0.15, 0.2) is 0 Å². The molecule has 10 heteroatoms. The molecule has 0 aliphatic rings. The number of benzene rings is 2. The lowest BCUT2D eigenvalue weighted by Gasteiger charge is -2.11. The van der Waals surface area contributed by atoms with Gasteiger partial charge in [-0.1, -0.05) is 46.9 Å². The molecule has 4 nitrogen and oxygen atoms in total. The number of rotatable bonds is 3. The van der Waals surface area contributed by atoms with Crippen molar-refractivity contribution in [2.75, 3.05) is 0 Å². The second kappa shape index (κ2) is 6.43. The first-order valence-electron chi connectivity index (χ1n) is 5.78. The Labute approximate surface area is 142 Å². The number of alkyl halides is 3. The average molecular weight is 387 g/mol. The molecule has 0 aromatic heterocycles. The Morgan fingerprint density at radius 1 is 1.04 bits per heavy atom. The molecule has 23 heavy (non-hydrogen) atoms. The van der Waals surface area contributed by atoms with Gasteiger partial charge in [-0.25, -0.2) is 0 Å². The molecule has 2 aromatic rings. The standard InChI is InChI=1S/C13H5Cl3F3NO3/c14-8-3-2-7(11(15)12(8)16)6-1-4-10(23-13(17,18)19)9(5-6)20(21)22/h1-5H. The van der Waals surface area contributed by atoms with Crippen molar-refractivity contribution in [1.29, 1.82) is 0 Å². The van der Waals surface area contributed by atoms with Crippen LogP contribution in [-0.4, -0.2) is 11.3 Å². The molecule has 0 bridgehead atoms. The van der Waals surface area contributed by atoms with Crippen molar-refractivity contribution in [3.63, 3.8) is 0 Å². The van der Waals surface area contributed by atoms with Gasteiger partial charge in [0.25, 0.3) is 0 Å². The zero-order valence-corrected chi connectivity index (χ0v) is 13.1. The highest BCUT2D eigenvalue weighted by atomic mass is 35.5. The SMILES string of the molecule is O=[N+]([O-])c1cc(-c2ccc(Cl)c(Cl)c2Cl)ccc1OC(F)(F)F. The van der Waals surface area contributed by atoms with Gasteiger partial charge in [0.2, 0.25) is 5.75 Å². The van der Waals surface area contributed by atoms with E-state index in [9.17, 15) is 23.3 Å². The van der Waals surface area contributed by atoms with Crippen LogP contribution in [0.25, 0.3) is 11.1 Å². The van der Waals surface area contributed by atoms with Crippen LogP contribution in [0, 0.1) is 10.1 Å². The van der Waals surface area contributed by atoms with E-state index < -0.39 is 22.7 Å². The molecule has 2 rings (SSSR count). The molecular weight excluding hydrogens is 382 g/mol. The highest BCUT2D eigenvalue weighted by Crippen LogP contribution is 2.41. The lowest BCUT2D eigenvalue weighted by atomic mass is 10.0. The van der Waals surface area contributed by atoms with Gasteiger partial charge in [-0.2, -0.15) is 0 Å². The smallest absolute Gasteiger partial charge is 0.398 e. The third kappa shape index (κ3) is 3.99. The summed E-state index contributed by atoms with van der Waals surface area (Å²) in [5, 5.41) is 11.2. The zero-order chi connectivity index (χ0) is 17.4. The summed E-state index contributed by atoms with van der Waals surface area (Å²) in [6.45, 7) is 0. The van der Waals surface area contributed by atoms with E-state index in [2.05, 4.69) is 4.74 Å². The van der Waals surface area contributed by atoms with E-state index in [-0.39, 0.29) is 26.2 Å². The zero-order valence-electron chi connectivity index (χ0n) is 10.8. The molecule has 0 heterocycles. The summed E-state index contributed by atoms with van der Waals surface area (Å²) in [6, 6.07) is 5.79. The summed E-state index contributed by atoms with van der Waals surface area (Å²) in [7, 11) is 0. The molecule has 2 aromatic carbocycles. The highest BCUT2D eigenvalue weighted by molar-refractivity contribution is 6.49. The Morgan fingerprint density at radius 2 is 1.70 bits per heavy atom. The van der Waals surface area contributed by atoms with Crippen LogP contribution < -0.4 is 4.74 Å². The molecule has 0 aliphatic carbocycles. The van der Waals surface area contributed by atoms with Crippen LogP contribution >= 0.6 is 34.8 Å². The quantitative estimate of drug-likeness (QED) is 0.363. The molecule has 0 N–H and O–H groups in total. The summed E-state index contributed by atoms with van der Waals surface area (Å²) in [5.74, 6) is -0.928. The predicted molar refractivity (Wildman–Crippen MR) is 80.2 cm³/mol. The Balaban J connectivity index is 2.57. The van der Waals surface area contributed by atoms with Crippen molar-refractivity contribution in [3.8, 4) is 16.9 Å². The predicted octanol–water partition coefficient (Wildman–Crippen LogP) is 6.12. The molecule has 0 saturated heterocycles. The van der Waals surface area contributed by atoms with Crippen molar-refractivity contribution < 1.29 is 22.8 Å². The van der Waals surface area contributed by atoms with Crippen molar-refractivity contribution in [3.05, 3.63) is 55.5 Å². The fourth-order valence-corrected chi connectivity index (χ4v) is 2.43. The molecule has 0 fully saturated rings. The average Bonchev–Trinajstić information content (AvgIpc) is 2.44. The third-order valence-electron chi connectivity index (χ3n) is 2.73. The molecule has 0 spiro atoms. The normalized spacial score (nSPS) is 11.4. The van der Waals surface area contributed by atoms with Gasteiger partial charge in [0, 0.05) is 11.6 Å². The third-order valence-corrected chi connectivity index (χ3v) is 4.02. The Kier molecular flexibility index (Phi) is 4.93. The largest absolute Gasteiger partial charge is 0.573 e. The molecule has 0 unspecified atom stereocenters. The van der Waals surface area contributed by atoms with Crippen molar-refractivity contribution >= 4 is 40.5 Å². The van der Waals surface area contributed by atoms with Crippen molar-refractivity contribution in [2.24, 2.45) is 0 Å². The second-order valence-corrected chi connectivity index (χ2v) is 5.37. The van der Waals surface area contributed by atoms with Gasteiger partial charge in [-0.15, -0.1) is 13.2 Å². The van der Waals surface area contributed by atoms with Gasteiger partial charge in [0.1, 0.15) is 0 Å². The second-order valence-electron chi connectivity index (χ2n) is 4.21. The minimum absolute atomic E-state index is 0.0259. The number of ether oxygens (including phenoxy) is 1. The van der Waals surface area contributed by atoms with Gasteiger partial charge >= 0.3 is 12.0 Å². The summed E-state index contributed by atoms with van der Waals surface area (Å²) < 4.78 is 40.5. The minimum Gasteiger partial charge on any atom is -0.398 e. The Bertz CT molecular complexity index is 781. The minimum atomic E-state index is -5.05. The monoisotopic (exact) mass is 385 g/mol. The van der Waals surface area contributed by atoms with Gasteiger partial charge in [0.05, 0.1) is 20.0 Å². The first-order valence-corrected chi connectivity index (χ1v) is 6.91. The number of halogens is 6. The number of nitrogens with zero attached hydrogens (tertiary/aromatic N) is 1. The van der Waals surface area contributed by atoms with E-state index in [1.54, 1.807) is 0 Å². The van der Waals surface area contributed by atoms with Crippen LogP contribution in [0.2, 0.25) is 15.1 Å². The van der Waals surface area contributed by atoms with Crippen LogP contribution in [0.1, 0.15) is 0 Å². The van der Waals surface area contributed by atoms with E-state index in [0.29, 0.717) is 0 Å². The number of nitro benzene ring substituents is 1. The lowest BCUT2D eigenvalue weighted by molar-refractivity contribution is -0.388. The fourth-order valence-electron chi connectivity index (χ4n) is 1.79. The van der Waals surface area contributed by atoms with E-state index >= 15 is 0 Å². The van der Waals surface area contributed by atoms with Crippen LogP contribution in [-0.2, 0) is 0 Å². The van der Waals surface area contributed by atoms with E-state index in [4.69, 9.17) is 34.8 Å². The van der Waals surface area contributed by atoms with Crippen LogP contribution in [0.15, 0.2) is 30.3 Å². The summed E-state index contributed by atoms with van der Waals surface area (Å²) in [4.78, 5) is 9.99. The highest BCUT2D eigenvalue weighted by Gasteiger charge is 2.34. The Hall–Kier alpha value is -1.70. The maximum Gasteiger partial charge on any atom is 0.573 e. The lowest BCUT2D eigenvalue weighted by Crippen LogP contribution is -2.17. The summed E-state index contributed by atoms with van der Waals surface area (Å²) >= 11 is 17.7. The van der Waals surface area contributed by atoms with Gasteiger partial charge < -0.3 is 4.74 Å². The van der Waals surface area contributed by atoms with Crippen molar-refractivity contribution in [2.45, 2.75) is 6.36 Å². The number of nitro groups is 1.